The number of carbonyl (C=O) groups is 1. The van der Waals surface area contributed by atoms with Crippen molar-refractivity contribution in [1.29, 1.82) is 0 Å². The fourth-order valence-corrected chi connectivity index (χ4v) is 2.94. The van der Waals surface area contributed by atoms with Crippen molar-refractivity contribution in [1.82, 2.24) is 20.5 Å². The first kappa shape index (κ1) is 23.0. The normalized spacial score (nSPS) is 10.6. The third-order valence-corrected chi connectivity index (χ3v) is 4.66. The monoisotopic (exact) mass is 438 g/mol. The predicted molar refractivity (Wildman–Crippen MR) is 119 cm³/mol. The highest BCUT2D eigenvalue weighted by molar-refractivity contribution is 5.76. The van der Waals surface area contributed by atoms with Crippen molar-refractivity contribution in [2.75, 3.05) is 27.4 Å². The molecule has 0 saturated heterocycles. The minimum absolute atomic E-state index is 0.141. The Morgan fingerprint density at radius 3 is 2.59 bits per heavy atom. The lowest BCUT2D eigenvalue weighted by atomic mass is 10.2. The Morgan fingerprint density at radius 1 is 1.06 bits per heavy atom. The predicted octanol–water partition coefficient (Wildman–Crippen LogP) is 2.11. The number of aryl methyl sites for hydroxylation is 1. The lowest BCUT2D eigenvalue weighted by molar-refractivity contribution is -0.121. The Kier molecular flexibility index (Phi) is 8.33. The van der Waals surface area contributed by atoms with Crippen LogP contribution in [0.5, 0.6) is 11.5 Å². The number of aromatic nitrogens is 3. The van der Waals surface area contributed by atoms with E-state index < -0.39 is 0 Å². The molecule has 0 aliphatic heterocycles. The Morgan fingerprint density at radius 2 is 1.88 bits per heavy atom. The molecule has 2 aromatic carbocycles. The highest BCUT2D eigenvalue weighted by Crippen LogP contribution is 2.31. The summed E-state index contributed by atoms with van der Waals surface area (Å²) in [7, 11) is 3.10. The molecule has 9 heteroatoms. The van der Waals surface area contributed by atoms with E-state index in [1.165, 1.54) is 0 Å². The second-order valence-corrected chi connectivity index (χ2v) is 6.93. The molecule has 0 aliphatic carbocycles. The van der Waals surface area contributed by atoms with Gasteiger partial charge in [-0.2, -0.15) is 0 Å². The summed E-state index contributed by atoms with van der Waals surface area (Å²) >= 11 is 0. The number of ether oxygens (including phenoxy) is 3. The number of nitrogens with one attached hydrogen (secondary N) is 2. The van der Waals surface area contributed by atoms with Gasteiger partial charge in [-0.1, -0.05) is 30.3 Å². The van der Waals surface area contributed by atoms with Gasteiger partial charge < -0.3 is 24.5 Å². The minimum Gasteiger partial charge on any atom is -0.493 e. The van der Waals surface area contributed by atoms with Crippen LogP contribution in [0.2, 0.25) is 0 Å². The molecular formula is C23H26N4O5. The summed E-state index contributed by atoms with van der Waals surface area (Å²) in [6.45, 7) is 1.25. The van der Waals surface area contributed by atoms with Gasteiger partial charge in [0.2, 0.25) is 5.91 Å². The van der Waals surface area contributed by atoms with Crippen LogP contribution < -0.4 is 20.3 Å². The summed E-state index contributed by atoms with van der Waals surface area (Å²) in [5.41, 5.74) is 1.48. The number of hydrogen-bond acceptors (Lipinski definition) is 7. The van der Waals surface area contributed by atoms with E-state index in [0.717, 1.165) is 5.56 Å². The van der Waals surface area contributed by atoms with Crippen molar-refractivity contribution in [3.8, 4) is 22.9 Å². The van der Waals surface area contributed by atoms with E-state index >= 15 is 0 Å². The van der Waals surface area contributed by atoms with Gasteiger partial charge in [0.05, 0.1) is 13.7 Å². The summed E-state index contributed by atoms with van der Waals surface area (Å²) in [5, 5.41) is 10.8. The zero-order valence-electron chi connectivity index (χ0n) is 18.1. The Hall–Kier alpha value is -3.72. The van der Waals surface area contributed by atoms with Crippen LogP contribution in [-0.4, -0.2) is 48.5 Å². The molecule has 0 aliphatic rings. The van der Waals surface area contributed by atoms with E-state index in [1.807, 2.05) is 30.3 Å². The first-order valence-electron chi connectivity index (χ1n) is 10.2. The van der Waals surface area contributed by atoms with Crippen molar-refractivity contribution >= 4 is 5.91 Å². The molecule has 3 rings (SSSR count). The number of benzene rings is 2. The molecule has 0 radical (unpaired) electrons. The molecule has 32 heavy (non-hydrogen) atoms. The van der Waals surface area contributed by atoms with Gasteiger partial charge in [0.1, 0.15) is 12.3 Å². The minimum atomic E-state index is -0.386. The Bertz CT molecular complexity index is 1090. The number of hydrogen-bond donors (Lipinski definition) is 2. The Balaban J connectivity index is 1.66. The molecule has 168 valence electrons. The fourth-order valence-electron chi connectivity index (χ4n) is 2.94. The van der Waals surface area contributed by atoms with Crippen LogP contribution in [0.4, 0.5) is 0 Å². The third-order valence-electron chi connectivity index (χ3n) is 4.66. The summed E-state index contributed by atoms with van der Waals surface area (Å²) in [6, 6.07) is 15.1. The lowest BCUT2D eigenvalue weighted by Gasteiger charge is -2.12. The van der Waals surface area contributed by atoms with Gasteiger partial charge in [-0.15, -0.1) is 10.2 Å². The van der Waals surface area contributed by atoms with Gasteiger partial charge in [0.15, 0.2) is 17.3 Å². The number of rotatable bonds is 11. The van der Waals surface area contributed by atoms with E-state index in [1.54, 1.807) is 32.4 Å². The molecule has 0 spiro atoms. The van der Waals surface area contributed by atoms with Crippen molar-refractivity contribution in [3.63, 3.8) is 0 Å². The molecule has 0 bridgehead atoms. The highest BCUT2D eigenvalue weighted by Gasteiger charge is 2.12. The largest absolute Gasteiger partial charge is 0.493 e. The molecule has 1 aromatic heterocycles. The van der Waals surface area contributed by atoms with Crippen LogP contribution in [-0.2, 0) is 22.6 Å². The second kappa shape index (κ2) is 11.6. The molecular weight excluding hydrogens is 412 g/mol. The molecule has 3 aromatic rings. The SMILES string of the molecule is COCCNC(=O)CCc1nnc(-c2ccc(OCc3ccccc3)c(OC)c2)[nH]c1=O. The average molecular weight is 438 g/mol. The molecule has 0 saturated carbocycles. The zero-order chi connectivity index (χ0) is 22.8. The van der Waals surface area contributed by atoms with Crippen LogP contribution in [0, 0.1) is 0 Å². The number of carbonyl (C=O) groups excluding carboxylic acids is 1. The molecule has 0 unspecified atom stereocenters. The van der Waals surface area contributed by atoms with Gasteiger partial charge in [-0.05, 0) is 23.8 Å². The maximum atomic E-state index is 12.4. The molecule has 1 amide bonds. The van der Waals surface area contributed by atoms with Gasteiger partial charge in [-0.3, -0.25) is 9.59 Å². The third kappa shape index (κ3) is 6.39. The maximum Gasteiger partial charge on any atom is 0.273 e. The molecule has 0 fully saturated rings. The van der Waals surface area contributed by atoms with Crippen LogP contribution in [0.15, 0.2) is 53.3 Å². The summed E-state index contributed by atoms with van der Waals surface area (Å²) < 4.78 is 16.2. The van der Waals surface area contributed by atoms with E-state index in [4.69, 9.17) is 14.2 Å². The molecule has 9 nitrogen and oxygen atoms in total. The van der Waals surface area contributed by atoms with Crippen LogP contribution in [0.25, 0.3) is 11.4 Å². The Labute approximate surface area is 185 Å². The summed E-state index contributed by atoms with van der Waals surface area (Å²) in [6.07, 6.45) is 0.332. The molecule has 0 atom stereocenters. The first-order chi connectivity index (χ1) is 15.6. The van der Waals surface area contributed by atoms with E-state index in [2.05, 4.69) is 20.5 Å². The zero-order valence-corrected chi connectivity index (χ0v) is 18.1. The topological polar surface area (TPSA) is 115 Å². The summed E-state index contributed by atoms with van der Waals surface area (Å²) in [5.74, 6) is 1.21. The standard InChI is InChI=1S/C23H26N4O5/c1-30-13-12-24-21(28)11-9-18-23(29)25-22(27-26-18)17-8-10-19(20(14-17)31-2)32-15-16-6-4-3-5-7-16/h3-8,10,14H,9,11-13,15H2,1-2H3,(H,24,28)(H,25,27,29). The quantitative estimate of drug-likeness (QED) is 0.441. The first-order valence-corrected chi connectivity index (χ1v) is 10.2. The van der Waals surface area contributed by atoms with E-state index in [-0.39, 0.29) is 30.0 Å². The van der Waals surface area contributed by atoms with Gasteiger partial charge in [0.25, 0.3) is 5.56 Å². The van der Waals surface area contributed by atoms with Crippen LogP contribution >= 0.6 is 0 Å². The fraction of sp³-hybridized carbons (Fsp3) is 0.304. The number of amides is 1. The number of H-pyrrole nitrogens is 1. The average Bonchev–Trinajstić information content (AvgIpc) is 2.82. The second-order valence-electron chi connectivity index (χ2n) is 6.93. The van der Waals surface area contributed by atoms with Crippen molar-refractivity contribution in [3.05, 3.63) is 70.1 Å². The number of aromatic amines is 1. The maximum absolute atomic E-state index is 12.4. The van der Waals surface area contributed by atoms with Gasteiger partial charge in [-0.25, -0.2) is 0 Å². The molecule has 2 N–H and O–H groups in total. The van der Waals surface area contributed by atoms with Gasteiger partial charge in [0, 0.05) is 32.1 Å². The van der Waals surface area contributed by atoms with Crippen molar-refractivity contribution in [2.45, 2.75) is 19.4 Å². The lowest BCUT2D eigenvalue weighted by Crippen LogP contribution is -2.28. The highest BCUT2D eigenvalue weighted by atomic mass is 16.5. The van der Waals surface area contributed by atoms with Crippen LogP contribution in [0.1, 0.15) is 17.7 Å². The molecule has 1 heterocycles. The number of methoxy groups -OCH3 is 2. The van der Waals surface area contributed by atoms with Crippen LogP contribution in [0.3, 0.4) is 0 Å². The van der Waals surface area contributed by atoms with Crippen molar-refractivity contribution < 1.29 is 19.0 Å². The van der Waals surface area contributed by atoms with Crippen molar-refractivity contribution in [2.24, 2.45) is 0 Å². The van der Waals surface area contributed by atoms with E-state index in [0.29, 0.717) is 42.6 Å². The smallest absolute Gasteiger partial charge is 0.273 e. The number of nitrogens with zero attached hydrogens (tertiary/aromatic N) is 2. The van der Waals surface area contributed by atoms with Gasteiger partial charge >= 0.3 is 0 Å². The summed E-state index contributed by atoms with van der Waals surface area (Å²) in [4.78, 5) is 26.9. The van der Waals surface area contributed by atoms with E-state index in [9.17, 15) is 9.59 Å².